The molecule has 0 saturated carbocycles. The van der Waals surface area contributed by atoms with Gasteiger partial charge in [-0.25, -0.2) is 18.9 Å². The molecule has 0 spiro atoms. The van der Waals surface area contributed by atoms with Crippen molar-refractivity contribution in [3.8, 4) is 22.8 Å². The Bertz CT molecular complexity index is 916. The maximum atomic E-state index is 10.7. The first-order chi connectivity index (χ1) is 12.1. The Morgan fingerprint density at radius 3 is 2.40 bits per heavy atom. The quantitative estimate of drug-likeness (QED) is 0.657. The van der Waals surface area contributed by atoms with E-state index < -0.39 is 11.3 Å². The van der Waals surface area contributed by atoms with Crippen LogP contribution in [0.2, 0.25) is 0 Å². The zero-order valence-electron chi connectivity index (χ0n) is 13.7. The minimum Gasteiger partial charge on any atom is -0.493 e. The highest BCUT2D eigenvalue weighted by Crippen LogP contribution is 2.35. The monoisotopic (exact) mass is 359 g/mol. The van der Waals surface area contributed by atoms with Gasteiger partial charge in [0.15, 0.2) is 11.5 Å². The Balaban J connectivity index is 2.01. The highest BCUT2D eigenvalue weighted by Gasteiger charge is 2.12. The Labute approximate surface area is 147 Å². The van der Waals surface area contributed by atoms with Gasteiger partial charge in [-0.2, -0.15) is 0 Å². The molecule has 2 N–H and O–H groups in total. The van der Waals surface area contributed by atoms with Crippen molar-refractivity contribution in [1.82, 2.24) is 14.7 Å². The molecule has 3 aromatic rings. The third-order valence-corrected chi connectivity index (χ3v) is 4.16. The molecule has 8 heteroatoms. The fraction of sp³-hybridized carbons (Fsp3) is 0.176. The van der Waals surface area contributed by atoms with Crippen LogP contribution >= 0.6 is 0 Å². The third-order valence-electron chi connectivity index (χ3n) is 3.77. The number of hydrogen-bond acceptors (Lipinski definition) is 5. The van der Waals surface area contributed by atoms with Crippen molar-refractivity contribution in [2.45, 2.75) is 6.54 Å². The number of nitrogens with one attached hydrogen (secondary N) is 1. The predicted octanol–water partition coefficient (Wildman–Crippen LogP) is 2.54. The van der Waals surface area contributed by atoms with Crippen molar-refractivity contribution in [3.05, 3.63) is 48.3 Å². The topological polar surface area (TPSA) is 93.6 Å². The second kappa shape index (κ2) is 7.56. The third kappa shape index (κ3) is 3.76. The lowest BCUT2D eigenvalue weighted by Gasteiger charge is -2.11. The molecule has 0 radical (unpaired) electrons. The smallest absolute Gasteiger partial charge is 0.232 e. The summed E-state index contributed by atoms with van der Waals surface area (Å²) >= 11 is -2.03. The molecule has 0 aliphatic carbocycles. The van der Waals surface area contributed by atoms with Crippen LogP contribution in [0.5, 0.6) is 11.5 Å². The number of fused-ring (bicyclic) bond motifs is 1. The van der Waals surface area contributed by atoms with Crippen molar-refractivity contribution < 1.29 is 18.2 Å². The average Bonchev–Trinajstić information content (AvgIpc) is 2.65. The molecular weight excluding hydrogens is 342 g/mol. The van der Waals surface area contributed by atoms with E-state index in [0.29, 0.717) is 18.0 Å². The van der Waals surface area contributed by atoms with Gasteiger partial charge in [0, 0.05) is 23.6 Å². The first-order valence-electron chi connectivity index (χ1n) is 7.42. The van der Waals surface area contributed by atoms with Gasteiger partial charge < -0.3 is 9.47 Å². The first-order valence-corrected chi connectivity index (χ1v) is 8.53. The average molecular weight is 359 g/mol. The van der Waals surface area contributed by atoms with Crippen molar-refractivity contribution in [1.29, 1.82) is 0 Å². The molecule has 130 valence electrons. The summed E-state index contributed by atoms with van der Waals surface area (Å²) in [5, 5.41) is 0.850. The van der Waals surface area contributed by atoms with Gasteiger partial charge >= 0.3 is 0 Å². The van der Waals surface area contributed by atoms with Crippen LogP contribution in [0.4, 0.5) is 0 Å². The molecule has 7 nitrogen and oxygen atoms in total. The second-order valence-corrected chi connectivity index (χ2v) is 6.00. The van der Waals surface area contributed by atoms with Crippen LogP contribution < -0.4 is 14.2 Å². The predicted molar refractivity (Wildman–Crippen MR) is 95.7 cm³/mol. The molecule has 1 heterocycles. The molecular formula is C17H17N3O4S. The van der Waals surface area contributed by atoms with Crippen LogP contribution in [0.3, 0.4) is 0 Å². The van der Waals surface area contributed by atoms with Gasteiger partial charge in [0.2, 0.25) is 11.3 Å². The maximum Gasteiger partial charge on any atom is 0.232 e. The van der Waals surface area contributed by atoms with Crippen LogP contribution in [-0.4, -0.2) is 32.9 Å². The van der Waals surface area contributed by atoms with E-state index in [0.717, 1.165) is 27.7 Å². The minimum atomic E-state index is -2.03. The number of methoxy groups -OCH3 is 2. The van der Waals surface area contributed by atoms with Gasteiger partial charge in [-0.05, 0) is 11.6 Å². The molecule has 0 fully saturated rings. The van der Waals surface area contributed by atoms with Crippen molar-refractivity contribution in [2.75, 3.05) is 14.2 Å². The first kappa shape index (κ1) is 17.3. The summed E-state index contributed by atoms with van der Waals surface area (Å²) < 4.78 is 32.6. The maximum absolute atomic E-state index is 10.7. The van der Waals surface area contributed by atoms with E-state index in [9.17, 15) is 4.21 Å². The highest BCUT2D eigenvalue weighted by atomic mass is 32.2. The zero-order valence-corrected chi connectivity index (χ0v) is 14.5. The minimum absolute atomic E-state index is 0.304. The summed E-state index contributed by atoms with van der Waals surface area (Å²) in [6.07, 6.45) is 1.51. The molecule has 0 amide bonds. The van der Waals surface area contributed by atoms with Gasteiger partial charge in [-0.1, -0.05) is 24.3 Å². The molecule has 0 bridgehead atoms. The molecule has 3 rings (SSSR count). The Kier molecular flexibility index (Phi) is 5.22. The molecule has 0 aliphatic rings. The lowest BCUT2D eigenvalue weighted by Crippen LogP contribution is -2.15. The SMILES string of the molecule is COc1cc2ncnc(-c3ccc(CNS(=O)O)cc3)c2cc1OC. The van der Waals surface area contributed by atoms with Gasteiger partial charge in [-0.3, -0.25) is 4.55 Å². The second-order valence-electron chi connectivity index (χ2n) is 5.21. The van der Waals surface area contributed by atoms with E-state index in [1.54, 1.807) is 14.2 Å². The van der Waals surface area contributed by atoms with Crippen molar-refractivity contribution >= 4 is 22.2 Å². The van der Waals surface area contributed by atoms with E-state index >= 15 is 0 Å². The Hall–Kier alpha value is -2.55. The highest BCUT2D eigenvalue weighted by molar-refractivity contribution is 7.77. The molecule has 2 aromatic carbocycles. The fourth-order valence-corrected chi connectivity index (χ4v) is 2.83. The Morgan fingerprint density at radius 2 is 1.76 bits per heavy atom. The molecule has 25 heavy (non-hydrogen) atoms. The summed E-state index contributed by atoms with van der Waals surface area (Å²) in [5.74, 6) is 1.22. The van der Waals surface area contributed by atoms with Crippen LogP contribution in [0.15, 0.2) is 42.7 Å². The van der Waals surface area contributed by atoms with E-state index in [4.69, 9.17) is 14.0 Å². The Morgan fingerprint density at radius 1 is 1.08 bits per heavy atom. The van der Waals surface area contributed by atoms with Gasteiger partial charge in [0.1, 0.15) is 6.33 Å². The number of ether oxygens (including phenoxy) is 2. The number of benzene rings is 2. The lowest BCUT2D eigenvalue weighted by molar-refractivity contribution is 0.356. The van der Waals surface area contributed by atoms with Crippen molar-refractivity contribution in [3.63, 3.8) is 0 Å². The van der Waals surface area contributed by atoms with E-state index in [1.807, 2.05) is 36.4 Å². The normalized spacial score (nSPS) is 12.1. The lowest BCUT2D eigenvalue weighted by atomic mass is 10.0. The van der Waals surface area contributed by atoms with Gasteiger partial charge in [0.25, 0.3) is 0 Å². The summed E-state index contributed by atoms with van der Waals surface area (Å²) in [7, 11) is 3.16. The molecule has 1 unspecified atom stereocenters. The van der Waals surface area contributed by atoms with Crippen LogP contribution in [-0.2, 0) is 17.8 Å². The molecule has 1 aromatic heterocycles. The van der Waals surface area contributed by atoms with Crippen LogP contribution in [0.1, 0.15) is 5.56 Å². The molecule has 0 saturated heterocycles. The molecule has 0 aliphatic heterocycles. The number of nitrogens with zero attached hydrogens (tertiary/aromatic N) is 2. The summed E-state index contributed by atoms with van der Waals surface area (Å²) in [6.45, 7) is 0.304. The van der Waals surface area contributed by atoms with Crippen LogP contribution in [0, 0.1) is 0 Å². The number of rotatable bonds is 6. The summed E-state index contributed by atoms with van der Waals surface area (Å²) in [5.41, 5.74) is 3.33. The molecule has 1 atom stereocenters. The van der Waals surface area contributed by atoms with E-state index in [2.05, 4.69) is 14.7 Å². The standard InChI is InChI=1S/C17H17N3O4S/c1-23-15-7-13-14(8-16(15)24-2)18-10-19-17(13)12-5-3-11(4-6-12)9-20-25(21)22/h3-8,10,20H,9H2,1-2H3,(H,21,22). The fourth-order valence-electron chi connectivity index (χ4n) is 2.54. The van der Waals surface area contributed by atoms with Crippen molar-refractivity contribution in [2.24, 2.45) is 0 Å². The number of hydrogen-bond donors (Lipinski definition) is 2. The zero-order chi connectivity index (χ0) is 17.8. The number of aromatic nitrogens is 2. The van der Waals surface area contributed by atoms with Gasteiger partial charge in [-0.15, -0.1) is 0 Å². The largest absolute Gasteiger partial charge is 0.493 e. The summed E-state index contributed by atoms with van der Waals surface area (Å²) in [4.78, 5) is 8.70. The van der Waals surface area contributed by atoms with E-state index in [1.165, 1.54) is 6.33 Å². The van der Waals surface area contributed by atoms with Crippen LogP contribution in [0.25, 0.3) is 22.2 Å². The summed E-state index contributed by atoms with van der Waals surface area (Å²) in [6, 6.07) is 11.3. The van der Waals surface area contributed by atoms with Gasteiger partial charge in [0.05, 0.1) is 25.4 Å². The van der Waals surface area contributed by atoms with E-state index in [-0.39, 0.29) is 0 Å².